The average molecular weight is 306 g/mol. The van der Waals surface area contributed by atoms with Crippen molar-refractivity contribution in [2.24, 2.45) is 11.7 Å². The second-order valence-electron chi connectivity index (χ2n) is 5.22. The predicted octanol–water partition coefficient (Wildman–Crippen LogP) is 3.33. The summed E-state index contributed by atoms with van der Waals surface area (Å²) in [5.41, 5.74) is 7.32. The van der Waals surface area contributed by atoms with Crippen LogP contribution in [-0.4, -0.2) is 16.3 Å². The second kappa shape index (κ2) is 6.80. The van der Waals surface area contributed by atoms with Gasteiger partial charge in [-0.15, -0.1) is 12.4 Å². The Bertz CT molecular complexity index is 434. The highest BCUT2D eigenvalue weighted by atomic mass is 35.5. The van der Waals surface area contributed by atoms with Crippen molar-refractivity contribution < 1.29 is 10.2 Å². The number of aromatic hydroxyl groups is 1. The summed E-state index contributed by atoms with van der Waals surface area (Å²) in [6.07, 6.45) is 3.70. The first-order valence-corrected chi connectivity index (χ1v) is 6.81. The number of hydrogen-bond acceptors (Lipinski definition) is 3. The van der Waals surface area contributed by atoms with Crippen LogP contribution < -0.4 is 5.73 Å². The molecule has 2 atom stereocenters. The number of phenols is 1. The van der Waals surface area contributed by atoms with E-state index in [0.717, 1.165) is 25.7 Å². The van der Waals surface area contributed by atoms with Gasteiger partial charge in [0.2, 0.25) is 0 Å². The first-order chi connectivity index (χ1) is 8.50. The molecule has 0 amide bonds. The first-order valence-electron chi connectivity index (χ1n) is 6.43. The van der Waals surface area contributed by atoms with E-state index in [9.17, 15) is 10.2 Å². The molecule has 1 aliphatic carbocycles. The Balaban J connectivity index is 0.00000180. The van der Waals surface area contributed by atoms with Crippen molar-refractivity contribution in [1.29, 1.82) is 0 Å². The standard InChI is InChI=1S/C14H20ClNO2.ClH/c1-8-6-10(15)7-11(13(8)17)12(16)14(18)9-4-2-3-5-9;/h6-7,9,12,14,17-18H,2-5,16H2,1H3;1H/t12-,14+;/m1./s1. The Morgan fingerprint density at radius 1 is 1.32 bits per heavy atom. The van der Waals surface area contributed by atoms with E-state index in [0.29, 0.717) is 16.1 Å². The van der Waals surface area contributed by atoms with Crippen molar-refractivity contribution >= 4 is 24.0 Å². The van der Waals surface area contributed by atoms with Crippen molar-refractivity contribution in [3.63, 3.8) is 0 Å². The molecule has 108 valence electrons. The summed E-state index contributed by atoms with van der Waals surface area (Å²) in [6, 6.07) is 2.76. The number of nitrogens with two attached hydrogens (primary N) is 1. The van der Waals surface area contributed by atoms with Crippen LogP contribution in [0.15, 0.2) is 12.1 Å². The largest absolute Gasteiger partial charge is 0.507 e. The normalized spacial score (nSPS) is 18.9. The third kappa shape index (κ3) is 3.54. The summed E-state index contributed by atoms with van der Waals surface area (Å²) >= 11 is 5.98. The molecule has 1 aromatic rings. The van der Waals surface area contributed by atoms with Crippen LogP contribution in [0.2, 0.25) is 5.02 Å². The van der Waals surface area contributed by atoms with Gasteiger partial charge >= 0.3 is 0 Å². The Kier molecular flexibility index (Phi) is 5.93. The van der Waals surface area contributed by atoms with E-state index in [1.165, 1.54) is 0 Å². The van der Waals surface area contributed by atoms with Crippen molar-refractivity contribution in [3.05, 3.63) is 28.3 Å². The maximum atomic E-state index is 10.3. The molecule has 0 bridgehead atoms. The van der Waals surface area contributed by atoms with Gasteiger partial charge in [0, 0.05) is 10.6 Å². The molecule has 0 spiro atoms. The van der Waals surface area contributed by atoms with Crippen molar-refractivity contribution in [1.82, 2.24) is 0 Å². The number of aliphatic hydroxyl groups is 1. The third-order valence-corrected chi connectivity index (χ3v) is 4.12. The number of aryl methyl sites for hydroxylation is 1. The van der Waals surface area contributed by atoms with Crippen molar-refractivity contribution in [3.8, 4) is 5.75 Å². The van der Waals surface area contributed by atoms with Gasteiger partial charge in [0.1, 0.15) is 5.75 Å². The fourth-order valence-corrected chi connectivity index (χ4v) is 3.07. The molecule has 0 saturated heterocycles. The molecule has 0 aromatic heterocycles. The van der Waals surface area contributed by atoms with Crippen LogP contribution in [0.25, 0.3) is 0 Å². The highest BCUT2D eigenvalue weighted by Gasteiger charge is 2.30. The summed E-state index contributed by atoms with van der Waals surface area (Å²) in [5, 5.41) is 20.9. The molecule has 0 heterocycles. The van der Waals surface area contributed by atoms with Gasteiger partial charge in [-0.1, -0.05) is 24.4 Å². The second-order valence-corrected chi connectivity index (χ2v) is 5.66. The summed E-state index contributed by atoms with van der Waals surface area (Å²) in [6.45, 7) is 1.78. The van der Waals surface area contributed by atoms with Crippen molar-refractivity contribution in [2.75, 3.05) is 0 Å². The van der Waals surface area contributed by atoms with Crippen molar-refractivity contribution in [2.45, 2.75) is 44.8 Å². The Hall–Kier alpha value is -0.480. The van der Waals surface area contributed by atoms with Crippen LogP contribution in [0.5, 0.6) is 5.75 Å². The van der Waals surface area contributed by atoms with Gasteiger partial charge in [0.25, 0.3) is 0 Å². The topological polar surface area (TPSA) is 66.5 Å². The SMILES string of the molecule is Cc1cc(Cl)cc([C@@H](N)[C@@H](O)C2CCCC2)c1O.Cl. The fourth-order valence-electron chi connectivity index (χ4n) is 2.79. The first kappa shape index (κ1) is 16.6. The van der Waals surface area contributed by atoms with Gasteiger partial charge in [-0.05, 0) is 43.4 Å². The monoisotopic (exact) mass is 305 g/mol. The Morgan fingerprint density at radius 3 is 2.47 bits per heavy atom. The number of phenolic OH excluding ortho intramolecular Hbond substituents is 1. The highest BCUT2D eigenvalue weighted by Crippen LogP contribution is 2.37. The van der Waals surface area contributed by atoms with Crippen LogP contribution in [0.1, 0.15) is 42.9 Å². The average Bonchev–Trinajstić information content (AvgIpc) is 2.85. The van der Waals surface area contributed by atoms with E-state index < -0.39 is 12.1 Å². The smallest absolute Gasteiger partial charge is 0.123 e. The lowest BCUT2D eigenvalue weighted by Crippen LogP contribution is -2.32. The maximum absolute atomic E-state index is 10.3. The minimum Gasteiger partial charge on any atom is -0.507 e. The number of benzene rings is 1. The Morgan fingerprint density at radius 2 is 1.89 bits per heavy atom. The molecule has 0 aliphatic heterocycles. The molecule has 0 radical (unpaired) electrons. The van der Waals surface area contributed by atoms with Crippen LogP contribution in [0.3, 0.4) is 0 Å². The molecular formula is C14H21Cl2NO2. The van der Waals surface area contributed by atoms with E-state index in [-0.39, 0.29) is 24.1 Å². The molecular weight excluding hydrogens is 285 g/mol. The highest BCUT2D eigenvalue weighted by molar-refractivity contribution is 6.30. The van der Waals surface area contributed by atoms with Crippen LogP contribution in [0.4, 0.5) is 0 Å². The van der Waals surface area contributed by atoms with Gasteiger partial charge in [-0.25, -0.2) is 0 Å². The molecule has 1 fully saturated rings. The number of halogens is 2. The van der Waals surface area contributed by atoms with E-state index in [4.69, 9.17) is 17.3 Å². The zero-order valence-corrected chi connectivity index (χ0v) is 12.5. The molecule has 19 heavy (non-hydrogen) atoms. The molecule has 0 unspecified atom stereocenters. The number of aliphatic hydroxyl groups excluding tert-OH is 1. The predicted molar refractivity (Wildman–Crippen MR) is 80.0 cm³/mol. The third-order valence-electron chi connectivity index (χ3n) is 3.90. The van der Waals surface area contributed by atoms with Crippen LogP contribution in [0, 0.1) is 12.8 Å². The van der Waals surface area contributed by atoms with Gasteiger partial charge in [-0.2, -0.15) is 0 Å². The summed E-state index contributed by atoms with van der Waals surface area (Å²) in [7, 11) is 0. The van der Waals surface area contributed by atoms with Crippen LogP contribution in [-0.2, 0) is 0 Å². The lowest BCUT2D eigenvalue weighted by atomic mass is 9.90. The van der Waals surface area contributed by atoms with Gasteiger partial charge in [0.05, 0.1) is 12.1 Å². The lowest BCUT2D eigenvalue weighted by molar-refractivity contribution is 0.0836. The molecule has 1 aliphatic rings. The molecule has 2 rings (SSSR count). The zero-order valence-electron chi connectivity index (χ0n) is 11.0. The quantitative estimate of drug-likeness (QED) is 0.802. The van der Waals surface area contributed by atoms with E-state index >= 15 is 0 Å². The minimum atomic E-state index is -0.615. The summed E-state index contributed by atoms with van der Waals surface area (Å²) < 4.78 is 0. The number of hydrogen-bond donors (Lipinski definition) is 3. The minimum absolute atomic E-state index is 0. The maximum Gasteiger partial charge on any atom is 0.123 e. The van der Waals surface area contributed by atoms with Gasteiger partial charge < -0.3 is 15.9 Å². The molecule has 3 nitrogen and oxygen atoms in total. The van der Waals surface area contributed by atoms with E-state index in [2.05, 4.69) is 0 Å². The lowest BCUT2D eigenvalue weighted by Gasteiger charge is -2.25. The molecule has 1 aromatic carbocycles. The summed E-state index contributed by atoms with van der Waals surface area (Å²) in [5.74, 6) is 0.377. The number of rotatable bonds is 3. The van der Waals surface area contributed by atoms with E-state index in [1.807, 2.05) is 0 Å². The molecule has 5 heteroatoms. The van der Waals surface area contributed by atoms with E-state index in [1.54, 1.807) is 19.1 Å². The van der Waals surface area contributed by atoms with Crippen LogP contribution >= 0.6 is 24.0 Å². The Labute approximate surface area is 125 Å². The zero-order chi connectivity index (χ0) is 13.3. The molecule has 1 saturated carbocycles. The fraction of sp³-hybridized carbons (Fsp3) is 0.571. The van der Waals surface area contributed by atoms with Gasteiger partial charge in [0.15, 0.2) is 0 Å². The van der Waals surface area contributed by atoms with Gasteiger partial charge in [-0.3, -0.25) is 0 Å². The summed E-state index contributed by atoms with van der Waals surface area (Å²) in [4.78, 5) is 0. The molecule has 4 N–H and O–H groups in total.